The van der Waals surface area contributed by atoms with Gasteiger partial charge in [0, 0.05) is 12.1 Å². The van der Waals surface area contributed by atoms with E-state index >= 15 is 0 Å². The molecule has 1 heterocycles. The van der Waals surface area contributed by atoms with Crippen molar-refractivity contribution >= 4 is 0 Å². The zero-order valence-corrected chi connectivity index (χ0v) is 8.04. The standard InChI is InChI=1S/C11H15FN2/c12-9-3-1-8(2-4-9)11-7-10(13)5-6-14-11/h1-4,10-11,14H,5-7,13H2/t10-,11-/m0/s1. The molecule has 14 heavy (non-hydrogen) atoms. The van der Waals surface area contributed by atoms with Crippen LogP contribution in [0.2, 0.25) is 0 Å². The van der Waals surface area contributed by atoms with Gasteiger partial charge in [-0.1, -0.05) is 12.1 Å². The molecule has 0 unspecified atom stereocenters. The molecule has 1 aliphatic rings. The summed E-state index contributed by atoms with van der Waals surface area (Å²) in [7, 11) is 0. The van der Waals surface area contributed by atoms with Crippen molar-refractivity contribution in [3.8, 4) is 0 Å². The smallest absolute Gasteiger partial charge is 0.123 e. The van der Waals surface area contributed by atoms with Crippen LogP contribution in [0.4, 0.5) is 4.39 Å². The lowest BCUT2D eigenvalue weighted by Crippen LogP contribution is -2.38. The average molecular weight is 194 g/mol. The Labute approximate surface area is 83.3 Å². The average Bonchev–Trinajstić information content (AvgIpc) is 2.19. The fourth-order valence-corrected chi connectivity index (χ4v) is 1.90. The molecule has 3 N–H and O–H groups in total. The van der Waals surface area contributed by atoms with Gasteiger partial charge in [0.2, 0.25) is 0 Å². The number of hydrogen-bond acceptors (Lipinski definition) is 2. The van der Waals surface area contributed by atoms with E-state index in [-0.39, 0.29) is 11.9 Å². The number of benzene rings is 1. The molecular formula is C11H15FN2. The van der Waals surface area contributed by atoms with Gasteiger partial charge in [-0.3, -0.25) is 0 Å². The summed E-state index contributed by atoms with van der Waals surface area (Å²) in [4.78, 5) is 0. The van der Waals surface area contributed by atoms with E-state index in [0.717, 1.165) is 24.9 Å². The summed E-state index contributed by atoms with van der Waals surface area (Å²) >= 11 is 0. The quantitative estimate of drug-likeness (QED) is 0.712. The number of nitrogens with one attached hydrogen (secondary N) is 1. The van der Waals surface area contributed by atoms with Crippen molar-refractivity contribution in [2.45, 2.75) is 24.9 Å². The lowest BCUT2D eigenvalue weighted by molar-refractivity contribution is 0.369. The highest BCUT2D eigenvalue weighted by Crippen LogP contribution is 2.22. The molecule has 2 rings (SSSR count). The summed E-state index contributed by atoms with van der Waals surface area (Å²) in [5.74, 6) is -0.186. The van der Waals surface area contributed by atoms with Crippen LogP contribution in [-0.4, -0.2) is 12.6 Å². The molecule has 3 heteroatoms. The number of nitrogens with two attached hydrogens (primary N) is 1. The second-order valence-corrected chi connectivity index (χ2v) is 3.84. The molecular weight excluding hydrogens is 179 g/mol. The van der Waals surface area contributed by atoms with Crippen molar-refractivity contribution in [3.63, 3.8) is 0 Å². The predicted molar refractivity (Wildman–Crippen MR) is 54.4 cm³/mol. The third-order valence-corrected chi connectivity index (χ3v) is 2.72. The Morgan fingerprint density at radius 1 is 1.29 bits per heavy atom. The van der Waals surface area contributed by atoms with Crippen LogP contribution in [0.25, 0.3) is 0 Å². The van der Waals surface area contributed by atoms with Crippen molar-refractivity contribution < 1.29 is 4.39 Å². The molecule has 2 atom stereocenters. The van der Waals surface area contributed by atoms with E-state index in [1.165, 1.54) is 12.1 Å². The van der Waals surface area contributed by atoms with E-state index in [4.69, 9.17) is 5.73 Å². The van der Waals surface area contributed by atoms with E-state index in [1.54, 1.807) is 0 Å². The van der Waals surface area contributed by atoms with Gasteiger partial charge in [-0.25, -0.2) is 4.39 Å². The van der Waals surface area contributed by atoms with Crippen LogP contribution in [0.15, 0.2) is 24.3 Å². The van der Waals surface area contributed by atoms with Crippen molar-refractivity contribution in [2.75, 3.05) is 6.54 Å². The monoisotopic (exact) mass is 194 g/mol. The second-order valence-electron chi connectivity index (χ2n) is 3.84. The summed E-state index contributed by atoms with van der Waals surface area (Å²) in [6.45, 7) is 0.948. The Balaban J connectivity index is 2.10. The maximum absolute atomic E-state index is 12.7. The summed E-state index contributed by atoms with van der Waals surface area (Å²) in [6, 6.07) is 7.20. The number of rotatable bonds is 1. The van der Waals surface area contributed by atoms with Crippen LogP contribution in [0.5, 0.6) is 0 Å². The Hall–Kier alpha value is -0.930. The molecule has 1 fully saturated rings. The molecule has 2 nitrogen and oxygen atoms in total. The molecule has 0 aromatic heterocycles. The molecule has 0 amide bonds. The molecule has 0 saturated carbocycles. The first-order valence-electron chi connectivity index (χ1n) is 5.00. The third-order valence-electron chi connectivity index (χ3n) is 2.72. The molecule has 0 aliphatic carbocycles. The highest BCUT2D eigenvalue weighted by atomic mass is 19.1. The molecule has 1 aromatic rings. The van der Waals surface area contributed by atoms with Crippen LogP contribution in [0.1, 0.15) is 24.4 Å². The van der Waals surface area contributed by atoms with Crippen LogP contribution < -0.4 is 11.1 Å². The minimum atomic E-state index is -0.186. The molecule has 0 bridgehead atoms. The van der Waals surface area contributed by atoms with Gasteiger partial charge in [0.15, 0.2) is 0 Å². The van der Waals surface area contributed by atoms with Gasteiger partial charge in [0.1, 0.15) is 5.82 Å². The first kappa shape index (κ1) is 9.62. The number of hydrogen-bond donors (Lipinski definition) is 2. The summed E-state index contributed by atoms with van der Waals surface area (Å²) in [5, 5.41) is 3.38. The van der Waals surface area contributed by atoms with E-state index < -0.39 is 0 Å². The lowest BCUT2D eigenvalue weighted by atomic mass is 9.94. The molecule has 1 aliphatic heterocycles. The van der Waals surface area contributed by atoms with E-state index in [9.17, 15) is 4.39 Å². The zero-order valence-electron chi connectivity index (χ0n) is 8.04. The van der Waals surface area contributed by atoms with Crippen molar-refractivity contribution in [3.05, 3.63) is 35.6 Å². The largest absolute Gasteiger partial charge is 0.328 e. The Morgan fingerprint density at radius 3 is 2.64 bits per heavy atom. The zero-order chi connectivity index (χ0) is 9.97. The van der Waals surface area contributed by atoms with Gasteiger partial charge in [0.25, 0.3) is 0 Å². The summed E-state index contributed by atoms with van der Waals surface area (Å²) < 4.78 is 12.7. The van der Waals surface area contributed by atoms with Gasteiger partial charge in [0.05, 0.1) is 0 Å². The maximum Gasteiger partial charge on any atom is 0.123 e. The van der Waals surface area contributed by atoms with Crippen molar-refractivity contribution in [2.24, 2.45) is 5.73 Å². The van der Waals surface area contributed by atoms with Gasteiger partial charge in [-0.15, -0.1) is 0 Å². The van der Waals surface area contributed by atoms with Crippen LogP contribution >= 0.6 is 0 Å². The Kier molecular flexibility index (Phi) is 2.79. The van der Waals surface area contributed by atoms with Crippen LogP contribution in [-0.2, 0) is 0 Å². The fourth-order valence-electron chi connectivity index (χ4n) is 1.90. The van der Waals surface area contributed by atoms with Gasteiger partial charge in [-0.2, -0.15) is 0 Å². The SMILES string of the molecule is N[C@H]1CCN[C@H](c2ccc(F)cc2)C1. The molecule has 76 valence electrons. The minimum absolute atomic E-state index is 0.186. The Bertz CT molecular complexity index is 297. The summed E-state index contributed by atoms with van der Waals surface area (Å²) in [5.41, 5.74) is 7.00. The minimum Gasteiger partial charge on any atom is -0.328 e. The van der Waals surface area contributed by atoms with E-state index in [1.807, 2.05) is 12.1 Å². The number of halogens is 1. The number of piperidine rings is 1. The first-order chi connectivity index (χ1) is 6.75. The molecule has 1 saturated heterocycles. The fraction of sp³-hybridized carbons (Fsp3) is 0.455. The molecule has 0 radical (unpaired) electrons. The van der Waals surface area contributed by atoms with Gasteiger partial charge in [-0.05, 0) is 37.1 Å². The van der Waals surface area contributed by atoms with Gasteiger partial charge < -0.3 is 11.1 Å². The maximum atomic E-state index is 12.7. The van der Waals surface area contributed by atoms with E-state index in [2.05, 4.69) is 5.32 Å². The highest BCUT2D eigenvalue weighted by molar-refractivity contribution is 5.20. The summed E-state index contributed by atoms with van der Waals surface area (Å²) in [6.07, 6.45) is 1.96. The van der Waals surface area contributed by atoms with Crippen LogP contribution in [0, 0.1) is 5.82 Å². The van der Waals surface area contributed by atoms with E-state index in [0.29, 0.717) is 6.04 Å². The lowest BCUT2D eigenvalue weighted by Gasteiger charge is -2.28. The van der Waals surface area contributed by atoms with Crippen LogP contribution in [0.3, 0.4) is 0 Å². The van der Waals surface area contributed by atoms with Crippen molar-refractivity contribution in [1.29, 1.82) is 0 Å². The molecule has 1 aromatic carbocycles. The highest BCUT2D eigenvalue weighted by Gasteiger charge is 2.19. The van der Waals surface area contributed by atoms with Crippen molar-refractivity contribution in [1.82, 2.24) is 5.32 Å². The molecule has 0 spiro atoms. The second kappa shape index (κ2) is 4.07. The first-order valence-corrected chi connectivity index (χ1v) is 5.00. The topological polar surface area (TPSA) is 38.0 Å². The normalized spacial score (nSPS) is 27.6. The van der Waals surface area contributed by atoms with Gasteiger partial charge >= 0.3 is 0 Å². The Morgan fingerprint density at radius 2 is 2.00 bits per heavy atom. The predicted octanol–water partition coefficient (Wildman–Crippen LogP) is 1.58. The third kappa shape index (κ3) is 2.11.